The third-order valence-corrected chi connectivity index (χ3v) is 4.54. The average molecular weight is 447 g/mol. The predicted molar refractivity (Wildman–Crippen MR) is 104 cm³/mol. The van der Waals surface area contributed by atoms with Crippen molar-refractivity contribution in [3.05, 3.63) is 23.7 Å². The first-order valence-electron chi connectivity index (χ1n) is 8.18. The summed E-state index contributed by atoms with van der Waals surface area (Å²) in [4.78, 5) is 17.9. The highest BCUT2D eigenvalue weighted by atomic mass is 127. The fourth-order valence-electron chi connectivity index (χ4n) is 3.24. The highest BCUT2D eigenvalue weighted by Gasteiger charge is 2.38. The number of aliphatic imine (C=N–C) groups is 1. The Morgan fingerprint density at radius 3 is 2.79 bits per heavy atom. The summed E-state index contributed by atoms with van der Waals surface area (Å²) in [7, 11) is 1.75. The van der Waals surface area contributed by atoms with E-state index in [-0.39, 0.29) is 29.7 Å². The number of guanidine groups is 1. The lowest BCUT2D eigenvalue weighted by Crippen LogP contribution is -2.44. The second-order valence-electron chi connectivity index (χ2n) is 6.41. The molecule has 1 saturated carbocycles. The van der Waals surface area contributed by atoms with Crippen molar-refractivity contribution in [3.63, 3.8) is 0 Å². The fourth-order valence-corrected chi connectivity index (χ4v) is 3.24. The summed E-state index contributed by atoms with van der Waals surface area (Å²) < 4.78 is 5.36. The van der Waals surface area contributed by atoms with Crippen LogP contribution < -0.4 is 16.4 Å². The molecule has 2 heterocycles. The van der Waals surface area contributed by atoms with Gasteiger partial charge < -0.3 is 20.8 Å². The number of likely N-dealkylation sites (tertiary alicyclic amines) is 1. The van der Waals surface area contributed by atoms with E-state index < -0.39 is 5.91 Å². The van der Waals surface area contributed by atoms with Crippen molar-refractivity contribution in [2.45, 2.75) is 50.9 Å². The molecule has 2 aliphatic rings. The summed E-state index contributed by atoms with van der Waals surface area (Å²) in [6, 6.07) is 5.16. The Morgan fingerprint density at radius 1 is 1.46 bits per heavy atom. The number of primary amides is 1. The Balaban J connectivity index is 0.00000208. The van der Waals surface area contributed by atoms with E-state index in [0.717, 1.165) is 25.0 Å². The van der Waals surface area contributed by atoms with Crippen molar-refractivity contribution in [2.75, 3.05) is 13.6 Å². The van der Waals surface area contributed by atoms with E-state index in [1.807, 2.05) is 0 Å². The van der Waals surface area contributed by atoms with Gasteiger partial charge in [0.05, 0.1) is 6.54 Å². The number of carbonyl (C=O) groups is 1. The summed E-state index contributed by atoms with van der Waals surface area (Å²) in [6.45, 7) is 3.82. The molecule has 2 atom stereocenters. The van der Waals surface area contributed by atoms with Gasteiger partial charge in [0, 0.05) is 31.7 Å². The lowest BCUT2D eigenvalue weighted by Gasteiger charge is -2.20. The standard InChI is InChI=1S/C16H25N5O2.HI/c1-10-7-11(9-21(10)12-3-4-12)20-16(18-2)19-8-13-5-6-14(23-13)15(17)22;/h5-6,10-12H,3-4,7-9H2,1-2H3,(H2,17,22)(H2,18,19,20);1H. The highest BCUT2D eigenvalue weighted by Crippen LogP contribution is 2.33. The van der Waals surface area contributed by atoms with Gasteiger partial charge in [0.1, 0.15) is 5.76 Å². The van der Waals surface area contributed by atoms with Crippen LogP contribution in [0.15, 0.2) is 21.5 Å². The molecule has 4 N–H and O–H groups in total. The number of carbonyl (C=O) groups excluding carboxylic acids is 1. The molecule has 134 valence electrons. The Kier molecular flexibility index (Phi) is 6.50. The molecule has 1 aliphatic heterocycles. The Bertz CT molecular complexity index is 599. The van der Waals surface area contributed by atoms with Gasteiger partial charge in [0.25, 0.3) is 5.91 Å². The Hall–Kier alpha value is -1.29. The normalized spacial score (nSPS) is 24.5. The van der Waals surface area contributed by atoms with Crippen molar-refractivity contribution in [1.29, 1.82) is 0 Å². The van der Waals surface area contributed by atoms with Crippen LogP contribution in [0.4, 0.5) is 0 Å². The molecule has 1 aromatic heterocycles. The fraction of sp³-hybridized carbons (Fsp3) is 0.625. The number of nitrogens with one attached hydrogen (secondary N) is 2. The zero-order valence-electron chi connectivity index (χ0n) is 14.1. The molecular formula is C16H26IN5O2. The van der Waals surface area contributed by atoms with Crippen LogP contribution in [0.3, 0.4) is 0 Å². The number of hydrogen-bond acceptors (Lipinski definition) is 4. The summed E-state index contributed by atoms with van der Waals surface area (Å²) >= 11 is 0. The molecule has 2 fully saturated rings. The zero-order valence-corrected chi connectivity index (χ0v) is 16.4. The van der Waals surface area contributed by atoms with Crippen LogP contribution in [-0.2, 0) is 6.54 Å². The van der Waals surface area contributed by atoms with Crippen molar-refractivity contribution < 1.29 is 9.21 Å². The molecule has 8 heteroatoms. The molecule has 0 aromatic carbocycles. The maximum atomic E-state index is 11.0. The van der Waals surface area contributed by atoms with E-state index in [4.69, 9.17) is 10.2 Å². The van der Waals surface area contributed by atoms with Crippen molar-refractivity contribution in [1.82, 2.24) is 15.5 Å². The lowest BCUT2D eigenvalue weighted by molar-refractivity contribution is 0.0972. The number of hydrogen-bond donors (Lipinski definition) is 3. The predicted octanol–water partition coefficient (Wildman–Crippen LogP) is 1.29. The van der Waals surface area contributed by atoms with Gasteiger partial charge in [-0.05, 0) is 38.3 Å². The minimum Gasteiger partial charge on any atom is -0.454 e. The number of rotatable bonds is 5. The number of nitrogens with two attached hydrogens (primary N) is 1. The van der Waals surface area contributed by atoms with Gasteiger partial charge in [-0.25, -0.2) is 0 Å². The van der Waals surface area contributed by atoms with E-state index >= 15 is 0 Å². The first-order chi connectivity index (χ1) is 11.1. The van der Waals surface area contributed by atoms with Crippen molar-refractivity contribution >= 4 is 35.8 Å². The van der Waals surface area contributed by atoms with Gasteiger partial charge in [-0.1, -0.05) is 0 Å². The third kappa shape index (κ3) is 4.62. The van der Waals surface area contributed by atoms with E-state index in [0.29, 0.717) is 24.4 Å². The SMILES string of the molecule is CN=C(NCc1ccc(C(N)=O)o1)NC1CC(C)N(C2CC2)C1.I. The monoisotopic (exact) mass is 447 g/mol. The number of amides is 1. The average Bonchev–Trinajstić information content (AvgIpc) is 3.13. The van der Waals surface area contributed by atoms with Gasteiger partial charge in [-0.3, -0.25) is 14.7 Å². The van der Waals surface area contributed by atoms with Crippen LogP contribution in [0.2, 0.25) is 0 Å². The van der Waals surface area contributed by atoms with E-state index in [9.17, 15) is 4.79 Å². The van der Waals surface area contributed by atoms with Crippen LogP contribution in [0.25, 0.3) is 0 Å². The number of nitrogens with zero attached hydrogens (tertiary/aromatic N) is 2. The summed E-state index contributed by atoms with van der Waals surface area (Å²) in [5.74, 6) is 1.02. The summed E-state index contributed by atoms with van der Waals surface area (Å²) in [6.07, 6.45) is 3.80. The van der Waals surface area contributed by atoms with Gasteiger partial charge in [0.15, 0.2) is 11.7 Å². The molecule has 2 unspecified atom stereocenters. The second kappa shape index (κ2) is 8.19. The van der Waals surface area contributed by atoms with Crippen LogP contribution in [0.1, 0.15) is 42.5 Å². The molecule has 24 heavy (non-hydrogen) atoms. The van der Waals surface area contributed by atoms with E-state index in [1.54, 1.807) is 19.2 Å². The molecular weight excluding hydrogens is 421 g/mol. The van der Waals surface area contributed by atoms with Crippen molar-refractivity contribution in [3.8, 4) is 0 Å². The van der Waals surface area contributed by atoms with Crippen molar-refractivity contribution in [2.24, 2.45) is 10.7 Å². The van der Waals surface area contributed by atoms with E-state index in [1.165, 1.54) is 12.8 Å². The third-order valence-electron chi connectivity index (χ3n) is 4.54. The molecule has 0 bridgehead atoms. The van der Waals surface area contributed by atoms with Gasteiger partial charge >= 0.3 is 0 Å². The van der Waals surface area contributed by atoms with Crippen LogP contribution in [0, 0.1) is 0 Å². The topological polar surface area (TPSA) is 95.9 Å². The molecule has 7 nitrogen and oxygen atoms in total. The minimum atomic E-state index is -0.557. The highest BCUT2D eigenvalue weighted by molar-refractivity contribution is 14.0. The smallest absolute Gasteiger partial charge is 0.284 e. The van der Waals surface area contributed by atoms with Crippen LogP contribution >= 0.6 is 24.0 Å². The molecule has 1 aromatic rings. The largest absolute Gasteiger partial charge is 0.454 e. The summed E-state index contributed by atoms with van der Waals surface area (Å²) in [5.41, 5.74) is 5.18. The quantitative estimate of drug-likeness (QED) is 0.359. The second-order valence-corrected chi connectivity index (χ2v) is 6.41. The molecule has 0 radical (unpaired) electrons. The number of furan rings is 1. The maximum absolute atomic E-state index is 11.0. The summed E-state index contributed by atoms with van der Waals surface area (Å²) in [5, 5.41) is 6.69. The van der Waals surface area contributed by atoms with Gasteiger partial charge in [-0.15, -0.1) is 24.0 Å². The van der Waals surface area contributed by atoms with Gasteiger partial charge in [-0.2, -0.15) is 0 Å². The minimum absolute atomic E-state index is 0. The molecule has 3 rings (SSSR count). The Labute approximate surface area is 159 Å². The first kappa shape index (κ1) is 19.0. The first-order valence-corrected chi connectivity index (χ1v) is 8.18. The number of halogens is 1. The molecule has 1 aliphatic carbocycles. The molecule has 1 amide bonds. The maximum Gasteiger partial charge on any atom is 0.284 e. The van der Waals surface area contributed by atoms with Crippen LogP contribution in [0.5, 0.6) is 0 Å². The molecule has 1 saturated heterocycles. The van der Waals surface area contributed by atoms with Gasteiger partial charge in [0.2, 0.25) is 0 Å². The lowest BCUT2D eigenvalue weighted by atomic mass is 10.2. The van der Waals surface area contributed by atoms with Crippen LogP contribution in [-0.4, -0.2) is 48.5 Å². The van der Waals surface area contributed by atoms with E-state index in [2.05, 4.69) is 27.4 Å². The molecule has 0 spiro atoms. The zero-order chi connectivity index (χ0) is 16.4. The Morgan fingerprint density at radius 2 is 2.21 bits per heavy atom.